The lowest BCUT2D eigenvalue weighted by Gasteiger charge is -2.06. The summed E-state index contributed by atoms with van der Waals surface area (Å²) in [5.74, 6) is -1.06. The standard InChI is InChI=1S/C14H20N2O4/c1-3-8(4-2)12-5-9(20-16-12)7-15-13(17)10-6-11(10)14(18)19/h5,8,10-11H,3-4,6-7H2,1-2H3,(H,15,17)(H,18,19)/t10-,11+/m0/s1. The van der Waals surface area contributed by atoms with Gasteiger partial charge in [0.2, 0.25) is 5.91 Å². The lowest BCUT2D eigenvalue weighted by molar-refractivity contribution is -0.140. The summed E-state index contributed by atoms with van der Waals surface area (Å²) < 4.78 is 5.19. The van der Waals surface area contributed by atoms with Gasteiger partial charge in [-0.1, -0.05) is 19.0 Å². The summed E-state index contributed by atoms with van der Waals surface area (Å²) in [5, 5.41) is 15.5. The van der Waals surface area contributed by atoms with E-state index in [1.54, 1.807) is 0 Å². The Balaban J connectivity index is 1.83. The molecule has 0 unspecified atom stereocenters. The van der Waals surface area contributed by atoms with Crippen molar-refractivity contribution in [3.05, 3.63) is 17.5 Å². The van der Waals surface area contributed by atoms with Gasteiger partial charge in [-0.25, -0.2) is 0 Å². The minimum atomic E-state index is -0.902. The minimum Gasteiger partial charge on any atom is -0.481 e. The van der Waals surface area contributed by atoms with Crippen molar-refractivity contribution in [2.24, 2.45) is 11.8 Å². The van der Waals surface area contributed by atoms with E-state index in [0.717, 1.165) is 18.5 Å². The van der Waals surface area contributed by atoms with Crippen LogP contribution in [0.2, 0.25) is 0 Å². The molecule has 1 aliphatic carbocycles. The van der Waals surface area contributed by atoms with Crippen LogP contribution in [0.5, 0.6) is 0 Å². The molecule has 0 bridgehead atoms. The molecule has 1 aliphatic rings. The van der Waals surface area contributed by atoms with E-state index in [2.05, 4.69) is 24.3 Å². The lowest BCUT2D eigenvalue weighted by atomic mass is 9.99. The first kappa shape index (κ1) is 14.6. The molecule has 6 nitrogen and oxygen atoms in total. The zero-order chi connectivity index (χ0) is 14.7. The zero-order valence-electron chi connectivity index (χ0n) is 11.8. The molecule has 0 saturated heterocycles. The molecule has 2 N–H and O–H groups in total. The molecule has 0 aromatic carbocycles. The Morgan fingerprint density at radius 2 is 2.15 bits per heavy atom. The van der Waals surface area contributed by atoms with Gasteiger partial charge >= 0.3 is 5.97 Å². The van der Waals surface area contributed by atoms with E-state index in [-0.39, 0.29) is 12.5 Å². The number of carbonyl (C=O) groups excluding carboxylic acids is 1. The maximum Gasteiger partial charge on any atom is 0.307 e. The molecule has 0 radical (unpaired) electrons. The van der Waals surface area contributed by atoms with Gasteiger partial charge in [0.15, 0.2) is 5.76 Å². The molecule has 2 atom stereocenters. The van der Waals surface area contributed by atoms with E-state index in [9.17, 15) is 9.59 Å². The van der Waals surface area contributed by atoms with Gasteiger partial charge in [0.05, 0.1) is 24.1 Å². The Hall–Kier alpha value is -1.85. The first-order valence-electron chi connectivity index (χ1n) is 7.02. The molecule has 1 heterocycles. The van der Waals surface area contributed by atoms with Crippen LogP contribution in [-0.4, -0.2) is 22.1 Å². The Morgan fingerprint density at radius 1 is 1.45 bits per heavy atom. The smallest absolute Gasteiger partial charge is 0.307 e. The van der Waals surface area contributed by atoms with Gasteiger partial charge in [0, 0.05) is 12.0 Å². The average Bonchev–Trinajstić information content (AvgIpc) is 3.11. The summed E-state index contributed by atoms with van der Waals surface area (Å²) in [6.45, 7) is 4.46. The fourth-order valence-corrected chi connectivity index (χ4v) is 2.37. The van der Waals surface area contributed by atoms with Gasteiger partial charge in [-0.05, 0) is 19.3 Å². The normalized spacial score (nSPS) is 20.9. The van der Waals surface area contributed by atoms with Crippen molar-refractivity contribution in [1.29, 1.82) is 0 Å². The predicted molar refractivity (Wildman–Crippen MR) is 70.9 cm³/mol. The van der Waals surface area contributed by atoms with Gasteiger partial charge in [-0.2, -0.15) is 0 Å². The van der Waals surface area contributed by atoms with E-state index in [0.29, 0.717) is 18.1 Å². The Bertz CT molecular complexity index is 493. The molecule has 0 spiro atoms. The number of amides is 1. The van der Waals surface area contributed by atoms with Crippen LogP contribution in [0.15, 0.2) is 10.6 Å². The molecule has 110 valence electrons. The van der Waals surface area contributed by atoms with E-state index >= 15 is 0 Å². The number of nitrogens with zero attached hydrogens (tertiary/aromatic N) is 1. The molecule has 6 heteroatoms. The summed E-state index contributed by atoms with van der Waals surface area (Å²) in [7, 11) is 0. The highest BCUT2D eigenvalue weighted by Gasteiger charge is 2.48. The van der Waals surface area contributed by atoms with E-state index in [1.807, 2.05) is 6.07 Å². The summed E-state index contributed by atoms with van der Waals surface area (Å²) in [5.41, 5.74) is 0.911. The third-order valence-corrected chi connectivity index (χ3v) is 3.86. The number of hydrogen-bond acceptors (Lipinski definition) is 4. The first-order valence-corrected chi connectivity index (χ1v) is 7.02. The molecule has 1 saturated carbocycles. The quantitative estimate of drug-likeness (QED) is 0.796. The first-order chi connectivity index (χ1) is 9.56. The summed E-state index contributed by atoms with van der Waals surface area (Å²) in [4.78, 5) is 22.4. The minimum absolute atomic E-state index is 0.224. The van der Waals surface area contributed by atoms with Crippen LogP contribution in [0.25, 0.3) is 0 Å². The third kappa shape index (κ3) is 3.18. The van der Waals surface area contributed by atoms with Crippen LogP contribution in [-0.2, 0) is 16.1 Å². The molecule has 1 aromatic rings. The van der Waals surface area contributed by atoms with Crippen molar-refractivity contribution >= 4 is 11.9 Å². The molecule has 1 amide bonds. The van der Waals surface area contributed by atoms with Gasteiger partial charge in [-0.15, -0.1) is 0 Å². The van der Waals surface area contributed by atoms with Crippen molar-refractivity contribution in [2.45, 2.75) is 45.6 Å². The lowest BCUT2D eigenvalue weighted by Crippen LogP contribution is -2.25. The SMILES string of the molecule is CCC(CC)c1cc(CNC(=O)[C@H]2C[C@H]2C(=O)O)on1. The number of nitrogens with one attached hydrogen (secondary N) is 1. The van der Waals surface area contributed by atoms with Crippen LogP contribution in [0.1, 0.15) is 50.5 Å². The molecule has 2 rings (SSSR count). The van der Waals surface area contributed by atoms with Crippen LogP contribution >= 0.6 is 0 Å². The van der Waals surface area contributed by atoms with Crippen molar-refractivity contribution in [1.82, 2.24) is 10.5 Å². The number of carboxylic acids is 1. The highest BCUT2D eigenvalue weighted by atomic mass is 16.5. The fourth-order valence-electron chi connectivity index (χ4n) is 2.37. The summed E-state index contributed by atoms with van der Waals surface area (Å²) >= 11 is 0. The highest BCUT2D eigenvalue weighted by Crippen LogP contribution is 2.38. The Morgan fingerprint density at radius 3 is 2.70 bits per heavy atom. The van der Waals surface area contributed by atoms with Crippen LogP contribution in [0, 0.1) is 11.8 Å². The van der Waals surface area contributed by atoms with Gasteiger partial charge in [0.1, 0.15) is 0 Å². The molecule has 20 heavy (non-hydrogen) atoms. The molecule has 1 aromatic heterocycles. The summed E-state index contributed by atoms with van der Waals surface area (Å²) in [6.07, 6.45) is 2.42. The average molecular weight is 280 g/mol. The zero-order valence-corrected chi connectivity index (χ0v) is 11.8. The van der Waals surface area contributed by atoms with Crippen LogP contribution < -0.4 is 5.32 Å². The van der Waals surface area contributed by atoms with Crippen molar-refractivity contribution in [3.63, 3.8) is 0 Å². The molecular weight excluding hydrogens is 260 g/mol. The van der Waals surface area contributed by atoms with Gasteiger partial charge < -0.3 is 14.9 Å². The maximum absolute atomic E-state index is 11.7. The Labute approximate surface area is 117 Å². The van der Waals surface area contributed by atoms with Crippen molar-refractivity contribution < 1.29 is 19.2 Å². The highest BCUT2D eigenvalue weighted by molar-refractivity contribution is 5.89. The van der Waals surface area contributed by atoms with E-state index < -0.39 is 17.8 Å². The molecule has 1 fully saturated rings. The van der Waals surface area contributed by atoms with Crippen LogP contribution in [0.4, 0.5) is 0 Å². The van der Waals surface area contributed by atoms with Crippen LogP contribution in [0.3, 0.4) is 0 Å². The number of aromatic nitrogens is 1. The fraction of sp³-hybridized carbons (Fsp3) is 0.643. The summed E-state index contributed by atoms with van der Waals surface area (Å²) in [6, 6.07) is 1.86. The second kappa shape index (κ2) is 6.07. The number of hydrogen-bond donors (Lipinski definition) is 2. The van der Waals surface area contributed by atoms with Gasteiger partial charge in [0.25, 0.3) is 0 Å². The third-order valence-electron chi connectivity index (χ3n) is 3.86. The number of carbonyl (C=O) groups is 2. The maximum atomic E-state index is 11.7. The van der Waals surface area contributed by atoms with Crippen molar-refractivity contribution in [3.8, 4) is 0 Å². The second-order valence-corrected chi connectivity index (χ2v) is 5.24. The number of rotatable bonds is 7. The number of carboxylic acid groups (broad SMARTS) is 1. The molecule has 0 aliphatic heterocycles. The Kier molecular flexibility index (Phi) is 4.42. The van der Waals surface area contributed by atoms with E-state index in [4.69, 9.17) is 9.63 Å². The number of aliphatic carboxylic acids is 1. The van der Waals surface area contributed by atoms with Crippen molar-refractivity contribution in [2.75, 3.05) is 0 Å². The van der Waals surface area contributed by atoms with Gasteiger partial charge in [-0.3, -0.25) is 9.59 Å². The van der Waals surface area contributed by atoms with E-state index in [1.165, 1.54) is 0 Å². The predicted octanol–water partition coefficient (Wildman–Crippen LogP) is 1.92. The monoisotopic (exact) mass is 280 g/mol. The second-order valence-electron chi connectivity index (χ2n) is 5.24. The topological polar surface area (TPSA) is 92.4 Å². The largest absolute Gasteiger partial charge is 0.481 e. The molecular formula is C14H20N2O4.